The standard InChI is InChI=1S/C26H27N3O4/c1-16-6-8-20(12-17(16)2)28-15-22-18(3)21(14-27)25(30)29(26(22)31)11-10-19-7-9-23(32-4)24(13-19)33-5/h6-9,12-13,15,31H,10-11H2,1-5H3. The first-order valence-electron chi connectivity index (χ1n) is 10.5. The second kappa shape index (κ2) is 10.0. The molecule has 0 radical (unpaired) electrons. The van der Waals surface area contributed by atoms with Crippen LogP contribution in [0.2, 0.25) is 0 Å². The number of pyridine rings is 1. The van der Waals surface area contributed by atoms with E-state index in [-0.39, 0.29) is 18.0 Å². The molecule has 0 fully saturated rings. The average molecular weight is 446 g/mol. The van der Waals surface area contributed by atoms with Crippen molar-refractivity contribution in [3.8, 4) is 23.4 Å². The summed E-state index contributed by atoms with van der Waals surface area (Å²) in [4.78, 5) is 17.4. The van der Waals surface area contributed by atoms with Gasteiger partial charge in [0, 0.05) is 12.8 Å². The minimum Gasteiger partial charge on any atom is -0.494 e. The molecule has 1 aromatic heterocycles. The summed E-state index contributed by atoms with van der Waals surface area (Å²) in [5, 5.41) is 20.5. The Morgan fingerprint density at radius 1 is 1.06 bits per heavy atom. The Morgan fingerprint density at radius 2 is 1.79 bits per heavy atom. The first-order valence-corrected chi connectivity index (χ1v) is 10.5. The number of methoxy groups -OCH3 is 2. The van der Waals surface area contributed by atoms with Gasteiger partial charge in [-0.1, -0.05) is 12.1 Å². The van der Waals surface area contributed by atoms with E-state index >= 15 is 0 Å². The van der Waals surface area contributed by atoms with Gasteiger partial charge in [0.2, 0.25) is 5.88 Å². The van der Waals surface area contributed by atoms with Crippen LogP contribution in [0.3, 0.4) is 0 Å². The number of benzene rings is 2. The van der Waals surface area contributed by atoms with Crippen LogP contribution in [0.15, 0.2) is 46.2 Å². The predicted molar refractivity (Wildman–Crippen MR) is 128 cm³/mol. The molecule has 0 spiro atoms. The normalized spacial score (nSPS) is 10.9. The smallest absolute Gasteiger partial charge is 0.271 e. The van der Waals surface area contributed by atoms with Gasteiger partial charge < -0.3 is 14.6 Å². The molecule has 3 rings (SSSR count). The minimum atomic E-state index is -0.531. The van der Waals surface area contributed by atoms with E-state index in [9.17, 15) is 15.2 Å². The van der Waals surface area contributed by atoms with E-state index in [1.165, 1.54) is 10.8 Å². The van der Waals surface area contributed by atoms with Crippen LogP contribution in [0.5, 0.6) is 17.4 Å². The number of nitrogens with zero attached hydrogens (tertiary/aromatic N) is 3. The van der Waals surface area contributed by atoms with Gasteiger partial charge in [-0.3, -0.25) is 14.4 Å². The van der Waals surface area contributed by atoms with Crippen LogP contribution >= 0.6 is 0 Å². The van der Waals surface area contributed by atoms with Crippen molar-refractivity contribution in [2.75, 3.05) is 14.2 Å². The van der Waals surface area contributed by atoms with Gasteiger partial charge in [0.15, 0.2) is 11.5 Å². The van der Waals surface area contributed by atoms with Gasteiger partial charge in [-0.15, -0.1) is 0 Å². The second-order valence-corrected chi connectivity index (χ2v) is 7.77. The van der Waals surface area contributed by atoms with Crippen molar-refractivity contribution in [2.45, 2.75) is 33.7 Å². The molecular weight excluding hydrogens is 418 g/mol. The van der Waals surface area contributed by atoms with E-state index in [2.05, 4.69) is 4.99 Å². The maximum atomic E-state index is 12.9. The van der Waals surface area contributed by atoms with E-state index in [4.69, 9.17) is 9.47 Å². The molecule has 0 saturated carbocycles. The summed E-state index contributed by atoms with van der Waals surface area (Å²) >= 11 is 0. The molecule has 0 unspecified atom stereocenters. The van der Waals surface area contributed by atoms with Crippen molar-refractivity contribution in [1.82, 2.24) is 4.57 Å². The van der Waals surface area contributed by atoms with Crippen LogP contribution in [0.4, 0.5) is 5.69 Å². The van der Waals surface area contributed by atoms with Crippen LogP contribution in [-0.2, 0) is 13.0 Å². The molecule has 1 heterocycles. The van der Waals surface area contributed by atoms with Crippen LogP contribution in [0.25, 0.3) is 0 Å². The maximum absolute atomic E-state index is 12.9. The number of aryl methyl sites for hydroxylation is 3. The Bertz CT molecular complexity index is 1320. The summed E-state index contributed by atoms with van der Waals surface area (Å²) in [6.45, 7) is 5.84. The summed E-state index contributed by atoms with van der Waals surface area (Å²) in [6.07, 6.45) is 1.94. The highest BCUT2D eigenvalue weighted by molar-refractivity contribution is 5.87. The molecule has 33 heavy (non-hydrogen) atoms. The Balaban J connectivity index is 1.99. The van der Waals surface area contributed by atoms with E-state index in [0.717, 1.165) is 22.4 Å². The van der Waals surface area contributed by atoms with E-state index in [1.54, 1.807) is 27.2 Å². The molecule has 0 bridgehead atoms. The Kier molecular flexibility index (Phi) is 7.19. The van der Waals surface area contributed by atoms with Crippen LogP contribution in [0, 0.1) is 32.1 Å². The summed E-state index contributed by atoms with van der Waals surface area (Å²) < 4.78 is 11.8. The molecule has 2 aromatic carbocycles. The highest BCUT2D eigenvalue weighted by Gasteiger charge is 2.18. The summed E-state index contributed by atoms with van der Waals surface area (Å²) in [5.74, 6) is 0.965. The summed E-state index contributed by atoms with van der Waals surface area (Å²) in [7, 11) is 3.12. The first-order chi connectivity index (χ1) is 15.8. The molecule has 0 saturated heterocycles. The molecule has 3 aromatic rings. The fraction of sp³-hybridized carbons (Fsp3) is 0.269. The van der Waals surface area contributed by atoms with Crippen LogP contribution < -0.4 is 15.0 Å². The zero-order valence-corrected chi connectivity index (χ0v) is 19.5. The van der Waals surface area contributed by atoms with E-state index in [0.29, 0.717) is 29.0 Å². The Hall–Kier alpha value is -4.05. The maximum Gasteiger partial charge on any atom is 0.271 e. The van der Waals surface area contributed by atoms with E-state index in [1.807, 2.05) is 50.2 Å². The Morgan fingerprint density at radius 3 is 2.42 bits per heavy atom. The number of hydrogen-bond acceptors (Lipinski definition) is 6. The predicted octanol–water partition coefficient (Wildman–Crippen LogP) is 4.36. The zero-order valence-electron chi connectivity index (χ0n) is 19.5. The number of aromatic nitrogens is 1. The van der Waals surface area contributed by atoms with Crippen molar-refractivity contribution < 1.29 is 14.6 Å². The van der Waals surface area contributed by atoms with Crippen LogP contribution in [-0.4, -0.2) is 30.1 Å². The number of aliphatic imine (C=N–C) groups is 1. The number of hydrogen-bond donors (Lipinski definition) is 1. The highest BCUT2D eigenvalue weighted by atomic mass is 16.5. The van der Waals surface area contributed by atoms with Crippen molar-refractivity contribution in [3.05, 3.63) is 80.1 Å². The molecule has 0 amide bonds. The summed E-state index contributed by atoms with van der Waals surface area (Å²) in [5.41, 5.74) is 4.07. The average Bonchev–Trinajstić information content (AvgIpc) is 2.81. The lowest BCUT2D eigenvalue weighted by atomic mass is 10.1. The van der Waals surface area contributed by atoms with Crippen molar-refractivity contribution in [2.24, 2.45) is 4.99 Å². The van der Waals surface area contributed by atoms with E-state index < -0.39 is 5.56 Å². The molecule has 7 nitrogen and oxygen atoms in total. The third-order valence-electron chi connectivity index (χ3n) is 5.75. The molecule has 0 aliphatic heterocycles. The van der Waals surface area contributed by atoms with Gasteiger partial charge in [0.05, 0.1) is 25.5 Å². The fourth-order valence-electron chi connectivity index (χ4n) is 3.56. The zero-order chi connectivity index (χ0) is 24.1. The molecule has 7 heteroatoms. The van der Waals surface area contributed by atoms with Gasteiger partial charge in [-0.05, 0) is 73.7 Å². The topological polar surface area (TPSA) is 96.8 Å². The monoisotopic (exact) mass is 445 g/mol. The quantitative estimate of drug-likeness (QED) is 0.545. The van der Waals surface area contributed by atoms with Crippen LogP contribution in [0.1, 0.15) is 33.4 Å². The number of rotatable bonds is 7. The Labute approximate surface area is 193 Å². The van der Waals surface area contributed by atoms with Gasteiger partial charge >= 0.3 is 0 Å². The van der Waals surface area contributed by atoms with Gasteiger partial charge in [-0.25, -0.2) is 0 Å². The van der Waals surface area contributed by atoms with Crippen molar-refractivity contribution in [1.29, 1.82) is 5.26 Å². The molecule has 0 atom stereocenters. The molecule has 1 N–H and O–H groups in total. The lowest BCUT2D eigenvalue weighted by Gasteiger charge is -2.15. The largest absolute Gasteiger partial charge is 0.494 e. The fourth-order valence-corrected chi connectivity index (χ4v) is 3.56. The number of ether oxygens (including phenoxy) is 2. The van der Waals surface area contributed by atoms with Gasteiger partial charge in [0.1, 0.15) is 11.6 Å². The lowest BCUT2D eigenvalue weighted by molar-refractivity contribution is 0.354. The first kappa shape index (κ1) is 23.6. The van der Waals surface area contributed by atoms with Gasteiger partial charge in [0.25, 0.3) is 5.56 Å². The molecule has 170 valence electrons. The SMILES string of the molecule is COc1ccc(CCn2c(O)c(C=Nc3ccc(C)c(C)c3)c(C)c(C#N)c2=O)cc1OC. The molecule has 0 aliphatic carbocycles. The summed E-state index contributed by atoms with van der Waals surface area (Å²) in [6, 6.07) is 13.2. The third-order valence-corrected chi connectivity index (χ3v) is 5.75. The highest BCUT2D eigenvalue weighted by Crippen LogP contribution is 2.28. The number of aromatic hydroxyl groups is 1. The number of nitriles is 1. The van der Waals surface area contributed by atoms with Crippen molar-refractivity contribution in [3.63, 3.8) is 0 Å². The third kappa shape index (κ3) is 4.90. The lowest BCUT2D eigenvalue weighted by Crippen LogP contribution is -2.26. The minimum absolute atomic E-state index is 0.0124. The van der Waals surface area contributed by atoms with Crippen molar-refractivity contribution >= 4 is 11.9 Å². The molecular formula is C26H27N3O4. The second-order valence-electron chi connectivity index (χ2n) is 7.77. The van der Waals surface area contributed by atoms with Gasteiger partial charge in [-0.2, -0.15) is 5.26 Å². The molecule has 0 aliphatic rings.